The van der Waals surface area contributed by atoms with Gasteiger partial charge in [0.15, 0.2) is 0 Å². The van der Waals surface area contributed by atoms with Gasteiger partial charge in [0.05, 0.1) is 30.0 Å². The normalized spacial score (nSPS) is 16.0. The number of carbonyl (C=O) groups is 1. The summed E-state index contributed by atoms with van der Waals surface area (Å²) in [6.45, 7) is 5.63. The molecule has 1 aromatic carbocycles. The number of likely N-dealkylation sites (N-methyl/N-ethyl adjacent to an activating group) is 1. The molecule has 0 saturated heterocycles. The van der Waals surface area contributed by atoms with Gasteiger partial charge in [-0.2, -0.15) is 13.2 Å². The maximum atomic E-state index is 12.9. The molecule has 1 aliphatic rings. The smallest absolute Gasteiger partial charge is 0.419 e. The van der Waals surface area contributed by atoms with E-state index in [2.05, 4.69) is 11.9 Å². The molecule has 0 fully saturated rings. The zero-order valence-corrected chi connectivity index (χ0v) is 14.6. The van der Waals surface area contributed by atoms with Gasteiger partial charge in [0.2, 0.25) is 0 Å². The predicted molar refractivity (Wildman–Crippen MR) is 90.6 cm³/mol. The minimum Gasteiger partial charge on any atom is -0.505 e. The Morgan fingerprint density at radius 3 is 2.65 bits per heavy atom. The molecule has 1 aromatic rings. The summed E-state index contributed by atoms with van der Waals surface area (Å²) in [5, 5.41) is 12.6. The average molecular weight is 370 g/mol. The van der Waals surface area contributed by atoms with Gasteiger partial charge >= 0.3 is 6.18 Å². The number of rotatable bonds is 6. The quantitative estimate of drug-likeness (QED) is 0.807. The van der Waals surface area contributed by atoms with E-state index in [0.717, 1.165) is 6.07 Å². The second kappa shape index (κ2) is 7.72. The molecule has 0 saturated carbocycles. The van der Waals surface area contributed by atoms with Crippen LogP contribution in [0.1, 0.15) is 18.9 Å². The zero-order chi connectivity index (χ0) is 19.5. The monoisotopic (exact) mass is 370 g/mol. The first-order valence-corrected chi connectivity index (χ1v) is 8.03. The van der Waals surface area contributed by atoms with Gasteiger partial charge < -0.3 is 20.1 Å². The SMILES string of the molecule is C=C1C(O)=C(C(=O)NC(C)CCOc2ccccc2C(F)(F)F)CN1C. The molecule has 0 radical (unpaired) electrons. The number of aliphatic hydroxyl groups is 1. The summed E-state index contributed by atoms with van der Waals surface area (Å²) in [5.41, 5.74) is -0.248. The van der Waals surface area contributed by atoms with E-state index in [9.17, 15) is 23.1 Å². The van der Waals surface area contributed by atoms with Gasteiger partial charge in [-0.25, -0.2) is 0 Å². The van der Waals surface area contributed by atoms with E-state index in [0.29, 0.717) is 12.1 Å². The number of para-hydroxylation sites is 1. The van der Waals surface area contributed by atoms with Crippen LogP contribution in [0.4, 0.5) is 13.2 Å². The second-order valence-electron chi connectivity index (χ2n) is 6.14. The lowest BCUT2D eigenvalue weighted by Crippen LogP contribution is -2.36. The molecule has 0 bridgehead atoms. The second-order valence-corrected chi connectivity index (χ2v) is 6.14. The summed E-state index contributed by atoms with van der Waals surface area (Å²) < 4.78 is 43.9. The molecule has 26 heavy (non-hydrogen) atoms. The molecule has 142 valence electrons. The van der Waals surface area contributed by atoms with E-state index in [-0.39, 0.29) is 36.3 Å². The highest BCUT2D eigenvalue weighted by Gasteiger charge is 2.34. The number of nitrogens with zero attached hydrogens (tertiary/aromatic N) is 1. The lowest BCUT2D eigenvalue weighted by Gasteiger charge is -2.17. The van der Waals surface area contributed by atoms with Gasteiger partial charge in [-0.05, 0) is 19.1 Å². The van der Waals surface area contributed by atoms with Crippen molar-refractivity contribution in [2.45, 2.75) is 25.6 Å². The minimum absolute atomic E-state index is 0.00613. The lowest BCUT2D eigenvalue weighted by molar-refractivity contribution is -0.139. The number of benzene rings is 1. The Morgan fingerprint density at radius 1 is 1.42 bits per heavy atom. The number of carbonyl (C=O) groups excluding carboxylic acids is 1. The van der Waals surface area contributed by atoms with Crippen molar-refractivity contribution in [2.24, 2.45) is 0 Å². The highest BCUT2D eigenvalue weighted by molar-refractivity contribution is 5.95. The molecule has 0 aromatic heterocycles. The Morgan fingerprint density at radius 2 is 2.08 bits per heavy atom. The van der Waals surface area contributed by atoms with Crippen molar-refractivity contribution in [3.05, 3.63) is 53.4 Å². The largest absolute Gasteiger partial charge is 0.505 e. The highest BCUT2D eigenvalue weighted by atomic mass is 19.4. The average Bonchev–Trinajstić information content (AvgIpc) is 2.82. The van der Waals surface area contributed by atoms with E-state index in [1.165, 1.54) is 18.2 Å². The molecule has 1 heterocycles. The van der Waals surface area contributed by atoms with Gasteiger partial charge in [-0.15, -0.1) is 0 Å². The molecular formula is C18H21F3N2O3. The Labute approximate surface area is 149 Å². The van der Waals surface area contributed by atoms with Crippen LogP contribution in [0, 0.1) is 0 Å². The zero-order valence-electron chi connectivity index (χ0n) is 14.6. The summed E-state index contributed by atoms with van der Waals surface area (Å²) >= 11 is 0. The van der Waals surface area contributed by atoms with Crippen LogP contribution in [-0.2, 0) is 11.0 Å². The van der Waals surface area contributed by atoms with Crippen molar-refractivity contribution >= 4 is 5.91 Å². The van der Waals surface area contributed by atoms with Gasteiger partial charge in [-0.1, -0.05) is 18.7 Å². The Bertz CT molecular complexity index is 729. The summed E-state index contributed by atoms with van der Waals surface area (Å²) in [4.78, 5) is 13.8. The third-order valence-electron chi connectivity index (χ3n) is 4.07. The number of alkyl halides is 3. The number of halogens is 3. The molecule has 0 spiro atoms. The standard InChI is InChI=1S/C18H21F3N2O3/c1-11(22-17(25)13-10-23(3)12(2)16(13)24)8-9-26-15-7-5-4-6-14(15)18(19,20)21/h4-7,11,24H,2,8-10H2,1,3H3,(H,22,25). The van der Waals surface area contributed by atoms with Crippen LogP contribution >= 0.6 is 0 Å². The molecule has 1 atom stereocenters. The van der Waals surface area contributed by atoms with E-state index < -0.39 is 17.6 Å². The molecular weight excluding hydrogens is 349 g/mol. The topological polar surface area (TPSA) is 61.8 Å². The molecule has 8 heteroatoms. The summed E-state index contributed by atoms with van der Waals surface area (Å²) in [6, 6.07) is 4.63. The number of hydrogen-bond donors (Lipinski definition) is 2. The van der Waals surface area contributed by atoms with E-state index >= 15 is 0 Å². The van der Waals surface area contributed by atoms with Crippen LogP contribution in [0.5, 0.6) is 5.75 Å². The number of amides is 1. The molecule has 0 aliphatic carbocycles. The number of aliphatic hydroxyl groups excluding tert-OH is 1. The summed E-state index contributed by atoms with van der Waals surface area (Å²) in [5.74, 6) is -0.823. The first-order chi connectivity index (χ1) is 12.1. The molecule has 5 nitrogen and oxygen atoms in total. The lowest BCUT2D eigenvalue weighted by atomic mass is 10.2. The van der Waals surface area contributed by atoms with Crippen LogP contribution in [0.2, 0.25) is 0 Å². The Kier molecular flexibility index (Phi) is 5.84. The third kappa shape index (κ3) is 4.50. The van der Waals surface area contributed by atoms with Gasteiger partial charge in [-0.3, -0.25) is 4.79 Å². The number of hydrogen-bond acceptors (Lipinski definition) is 4. The minimum atomic E-state index is -4.49. The maximum Gasteiger partial charge on any atom is 0.419 e. The fourth-order valence-electron chi connectivity index (χ4n) is 2.50. The van der Waals surface area contributed by atoms with Crippen molar-refractivity contribution in [3.63, 3.8) is 0 Å². The van der Waals surface area contributed by atoms with Crippen molar-refractivity contribution in [3.8, 4) is 5.75 Å². The van der Waals surface area contributed by atoms with Crippen molar-refractivity contribution in [1.82, 2.24) is 10.2 Å². The van der Waals surface area contributed by atoms with Crippen molar-refractivity contribution < 1.29 is 27.8 Å². The van der Waals surface area contributed by atoms with Gasteiger partial charge in [0.1, 0.15) is 11.5 Å². The van der Waals surface area contributed by atoms with Crippen molar-refractivity contribution in [1.29, 1.82) is 0 Å². The van der Waals surface area contributed by atoms with Crippen LogP contribution in [0.3, 0.4) is 0 Å². The molecule has 2 rings (SSSR count). The third-order valence-corrected chi connectivity index (χ3v) is 4.07. The molecule has 1 amide bonds. The van der Waals surface area contributed by atoms with E-state index in [1.54, 1.807) is 18.9 Å². The first kappa shape index (κ1) is 19.7. The van der Waals surface area contributed by atoms with Crippen LogP contribution in [-0.4, -0.2) is 42.2 Å². The first-order valence-electron chi connectivity index (χ1n) is 8.03. The Hall–Kier alpha value is -2.64. The summed E-state index contributed by atoms with van der Waals surface area (Å²) in [6.07, 6.45) is -4.18. The fraction of sp³-hybridized carbons (Fsp3) is 0.389. The Balaban J connectivity index is 1.88. The predicted octanol–water partition coefficient (Wildman–Crippen LogP) is 3.25. The maximum absolute atomic E-state index is 12.9. The number of ether oxygens (including phenoxy) is 1. The molecule has 1 aliphatic heterocycles. The molecule has 2 N–H and O–H groups in total. The number of nitrogens with one attached hydrogen (secondary N) is 1. The van der Waals surface area contributed by atoms with Crippen LogP contribution < -0.4 is 10.1 Å². The van der Waals surface area contributed by atoms with Gasteiger partial charge in [0.25, 0.3) is 5.91 Å². The van der Waals surface area contributed by atoms with Crippen molar-refractivity contribution in [2.75, 3.05) is 20.2 Å². The van der Waals surface area contributed by atoms with E-state index in [1.807, 2.05) is 0 Å². The summed E-state index contributed by atoms with van der Waals surface area (Å²) in [7, 11) is 1.70. The fourth-order valence-corrected chi connectivity index (χ4v) is 2.50. The van der Waals surface area contributed by atoms with Crippen LogP contribution in [0.25, 0.3) is 0 Å². The highest BCUT2D eigenvalue weighted by Crippen LogP contribution is 2.35. The van der Waals surface area contributed by atoms with Gasteiger partial charge in [0, 0.05) is 19.5 Å². The van der Waals surface area contributed by atoms with E-state index in [4.69, 9.17) is 4.74 Å². The molecule has 1 unspecified atom stereocenters. The van der Waals surface area contributed by atoms with Crippen LogP contribution in [0.15, 0.2) is 47.9 Å².